The van der Waals surface area contributed by atoms with Gasteiger partial charge in [0.15, 0.2) is 0 Å². The van der Waals surface area contributed by atoms with E-state index in [2.05, 4.69) is 26.5 Å². The van der Waals surface area contributed by atoms with Gasteiger partial charge in [-0.05, 0) is 30.7 Å². The largest absolute Gasteiger partial charge is 0.493 e. The van der Waals surface area contributed by atoms with Gasteiger partial charge in [-0.25, -0.2) is 5.43 Å². The third-order valence-corrected chi connectivity index (χ3v) is 3.62. The minimum absolute atomic E-state index is 0.154. The Morgan fingerprint density at radius 1 is 1.36 bits per heavy atom. The van der Waals surface area contributed by atoms with E-state index in [1.54, 1.807) is 0 Å². The number of benzene rings is 2. The predicted molar refractivity (Wildman–Crippen MR) is 98.1 cm³/mol. The highest BCUT2D eigenvalue weighted by Crippen LogP contribution is 2.22. The van der Waals surface area contributed by atoms with Crippen molar-refractivity contribution in [2.24, 2.45) is 5.10 Å². The van der Waals surface area contributed by atoms with Crippen LogP contribution >= 0.6 is 15.9 Å². The van der Waals surface area contributed by atoms with Crippen LogP contribution in [-0.2, 0) is 0 Å². The average Bonchev–Trinajstić information content (AvgIpc) is 2.61. The number of rotatable bonds is 7. The van der Waals surface area contributed by atoms with E-state index in [4.69, 9.17) is 4.74 Å². The average molecular weight is 406 g/mol. The summed E-state index contributed by atoms with van der Waals surface area (Å²) in [4.78, 5) is 22.2. The van der Waals surface area contributed by atoms with Crippen LogP contribution in [0.1, 0.15) is 29.3 Å². The number of halogens is 1. The van der Waals surface area contributed by atoms with E-state index in [0.29, 0.717) is 17.9 Å². The fourth-order valence-corrected chi connectivity index (χ4v) is 2.33. The number of ether oxygens (including phenoxy) is 1. The van der Waals surface area contributed by atoms with Crippen LogP contribution in [0.2, 0.25) is 0 Å². The van der Waals surface area contributed by atoms with Gasteiger partial charge in [-0.3, -0.25) is 14.9 Å². The molecule has 0 unspecified atom stereocenters. The SMILES string of the molecule is CCCOc1ccc(Br)cc1/C=N\NC(=O)c1cccc([N+](=O)[O-])c1. The van der Waals surface area contributed by atoms with Gasteiger partial charge in [-0.15, -0.1) is 0 Å². The molecular weight excluding hydrogens is 390 g/mol. The van der Waals surface area contributed by atoms with Crippen LogP contribution in [0.15, 0.2) is 52.0 Å². The maximum absolute atomic E-state index is 12.0. The molecule has 1 N–H and O–H groups in total. The summed E-state index contributed by atoms with van der Waals surface area (Å²) in [6.07, 6.45) is 2.33. The van der Waals surface area contributed by atoms with Gasteiger partial charge >= 0.3 is 0 Å². The fraction of sp³-hybridized carbons (Fsp3) is 0.176. The summed E-state index contributed by atoms with van der Waals surface area (Å²) >= 11 is 3.38. The summed E-state index contributed by atoms with van der Waals surface area (Å²) in [5, 5.41) is 14.7. The third kappa shape index (κ3) is 5.39. The first-order chi connectivity index (χ1) is 12.0. The van der Waals surface area contributed by atoms with Crippen molar-refractivity contribution in [1.29, 1.82) is 0 Å². The predicted octanol–water partition coefficient (Wildman–Crippen LogP) is 3.91. The van der Waals surface area contributed by atoms with Crippen molar-refractivity contribution in [1.82, 2.24) is 5.43 Å². The molecule has 0 fully saturated rings. The smallest absolute Gasteiger partial charge is 0.271 e. The number of hydrogen-bond acceptors (Lipinski definition) is 5. The minimum Gasteiger partial charge on any atom is -0.493 e. The molecule has 0 heterocycles. The second kappa shape index (κ2) is 8.93. The maximum atomic E-state index is 12.0. The number of carbonyl (C=O) groups is 1. The van der Waals surface area contributed by atoms with Gasteiger partial charge in [0.1, 0.15) is 5.75 Å². The number of nitrogens with zero attached hydrogens (tertiary/aromatic N) is 2. The van der Waals surface area contributed by atoms with Gasteiger partial charge in [0.05, 0.1) is 17.7 Å². The molecule has 2 aromatic carbocycles. The molecule has 0 aliphatic rings. The van der Waals surface area contributed by atoms with Gasteiger partial charge in [-0.2, -0.15) is 5.10 Å². The van der Waals surface area contributed by atoms with E-state index in [-0.39, 0.29) is 11.3 Å². The van der Waals surface area contributed by atoms with E-state index < -0.39 is 10.8 Å². The molecule has 2 aromatic rings. The lowest BCUT2D eigenvalue weighted by Gasteiger charge is -2.08. The van der Waals surface area contributed by atoms with Crippen LogP contribution < -0.4 is 10.2 Å². The number of non-ortho nitro benzene ring substituents is 1. The van der Waals surface area contributed by atoms with Crippen molar-refractivity contribution in [3.63, 3.8) is 0 Å². The normalized spacial score (nSPS) is 10.6. The van der Waals surface area contributed by atoms with Gasteiger partial charge in [0.2, 0.25) is 0 Å². The molecule has 130 valence electrons. The Labute approximate surface area is 153 Å². The number of nitrogens with one attached hydrogen (secondary N) is 1. The van der Waals surface area contributed by atoms with Crippen LogP contribution in [-0.4, -0.2) is 23.7 Å². The van der Waals surface area contributed by atoms with Gasteiger partial charge in [0.25, 0.3) is 11.6 Å². The van der Waals surface area contributed by atoms with Gasteiger partial charge < -0.3 is 4.74 Å². The highest BCUT2D eigenvalue weighted by molar-refractivity contribution is 9.10. The molecule has 0 radical (unpaired) electrons. The standard InChI is InChI=1S/C17H16BrN3O4/c1-2-8-25-16-7-6-14(18)9-13(16)11-19-20-17(22)12-4-3-5-15(10-12)21(23)24/h3-7,9-11H,2,8H2,1H3,(H,20,22)/b19-11-. The van der Waals surface area contributed by atoms with Gasteiger partial charge in [0, 0.05) is 27.7 Å². The van der Waals surface area contributed by atoms with Crippen LogP contribution in [0, 0.1) is 10.1 Å². The Balaban J connectivity index is 2.10. The second-order valence-corrected chi connectivity index (χ2v) is 5.95. The van der Waals surface area contributed by atoms with Crippen LogP contribution in [0.3, 0.4) is 0 Å². The summed E-state index contributed by atoms with van der Waals surface area (Å²) in [6, 6.07) is 10.9. The lowest BCUT2D eigenvalue weighted by Crippen LogP contribution is -2.17. The Morgan fingerprint density at radius 2 is 2.16 bits per heavy atom. The molecule has 0 aliphatic carbocycles. The molecule has 7 nitrogen and oxygen atoms in total. The topological polar surface area (TPSA) is 93.8 Å². The monoisotopic (exact) mass is 405 g/mol. The van der Waals surface area contributed by atoms with Crippen molar-refractivity contribution >= 4 is 33.7 Å². The highest BCUT2D eigenvalue weighted by atomic mass is 79.9. The van der Waals surface area contributed by atoms with Crippen LogP contribution in [0.25, 0.3) is 0 Å². The van der Waals surface area contributed by atoms with E-state index in [0.717, 1.165) is 10.9 Å². The zero-order valence-electron chi connectivity index (χ0n) is 13.4. The Morgan fingerprint density at radius 3 is 2.88 bits per heavy atom. The summed E-state index contributed by atoms with van der Waals surface area (Å²) in [6.45, 7) is 2.58. The molecule has 0 aliphatic heterocycles. The summed E-state index contributed by atoms with van der Waals surface area (Å²) < 4.78 is 6.48. The number of amides is 1. The van der Waals surface area contributed by atoms with E-state index in [1.807, 2.05) is 25.1 Å². The summed E-state index contributed by atoms with van der Waals surface area (Å²) in [5.74, 6) is 0.115. The number of nitro groups is 1. The maximum Gasteiger partial charge on any atom is 0.271 e. The second-order valence-electron chi connectivity index (χ2n) is 5.04. The van der Waals surface area contributed by atoms with Gasteiger partial charge in [-0.1, -0.05) is 28.9 Å². The molecule has 1 amide bonds. The first-order valence-electron chi connectivity index (χ1n) is 7.51. The molecule has 0 atom stereocenters. The lowest BCUT2D eigenvalue weighted by molar-refractivity contribution is -0.384. The Bertz CT molecular complexity index is 808. The highest BCUT2D eigenvalue weighted by Gasteiger charge is 2.10. The molecule has 25 heavy (non-hydrogen) atoms. The van der Waals surface area contributed by atoms with E-state index >= 15 is 0 Å². The zero-order valence-corrected chi connectivity index (χ0v) is 15.0. The van der Waals surface area contributed by atoms with Crippen LogP contribution in [0.5, 0.6) is 5.75 Å². The molecule has 0 bridgehead atoms. The van der Waals surface area contributed by atoms with E-state index in [9.17, 15) is 14.9 Å². The fourth-order valence-electron chi connectivity index (χ4n) is 1.95. The first kappa shape index (κ1) is 18.6. The molecular formula is C17H16BrN3O4. The van der Waals surface area contributed by atoms with Crippen molar-refractivity contribution in [2.75, 3.05) is 6.61 Å². The molecule has 0 aromatic heterocycles. The van der Waals surface area contributed by atoms with Crippen molar-refractivity contribution in [3.8, 4) is 5.75 Å². The zero-order chi connectivity index (χ0) is 18.2. The minimum atomic E-state index is -0.557. The first-order valence-corrected chi connectivity index (χ1v) is 8.30. The number of hydrogen-bond donors (Lipinski definition) is 1. The summed E-state index contributed by atoms with van der Waals surface area (Å²) in [5.41, 5.74) is 3.05. The quantitative estimate of drug-likeness (QED) is 0.429. The Kier molecular flexibility index (Phi) is 6.64. The number of hydrazone groups is 1. The number of nitro benzene ring substituents is 1. The van der Waals surface area contributed by atoms with E-state index in [1.165, 1.54) is 30.5 Å². The Hall–Kier alpha value is -2.74. The molecule has 0 spiro atoms. The molecule has 0 saturated heterocycles. The summed E-state index contributed by atoms with van der Waals surface area (Å²) in [7, 11) is 0. The van der Waals surface area contributed by atoms with Crippen molar-refractivity contribution in [3.05, 3.63) is 68.2 Å². The third-order valence-electron chi connectivity index (χ3n) is 3.12. The molecule has 8 heteroatoms. The van der Waals surface area contributed by atoms with Crippen molar-refractivity contribution < 1.29 is 14.5 Å². The number of carbonyl (C=O) groups excluding carboxylic acids is 1. The molecule has 2 rings (SSSR count). The van der Waals surface area contributed by atoms with Crippen molar-refractivity contribution in [2.45, 2.75) is 13.3 Å². The molecule has 0 saturated carbocycles. The lowest BCUT2D eigenvalue weighted by atomic mass is 10.2. The van der Waals surface area contributed by atoms with Crippen LogP contribution in [0.4, 0.5) is 5.69 Å².